The molecule has 0 aliphatic heterocycles. The highest BCUT2D eigenvalue weighted by atomic mass is 19.4. The lowest BCUT2D eigenvalue weighted by molar-refractivity contribution is -0.384. The predicted molar refractivity (Wildman–Crippen MR) is 86.1 cm³/mol. The number of halogens is 3. The molecule has 0 bridgehead atoms. The molecule has 0 amide bonds. The number of rotatable bonds is 7. The zero-order valence-electron chi connectivity index (χ0n) is 13.6. The third-order valence-electron chi connectivity index (χ3n) is 3.08. The van der Waals surface area contributed by atoms with Crippen LogP contribution in [0.1, 0.15) is 5.69 Å². The number of benzene rings is 1. The van der Waals surface area contributed by atoms with Crippen LogP contribution in [0.25, 0.3) is 0 Å². The molecule has 0 fully saturated rings. The molecule has 0 atom stereocenters. The number of hydrogen-bond acceptors (Lipinski definition) is 8. The summed E-state index contributed by atoms with van der Waals surface area (Å²) in [7, 11) is 1.30. The minimum absolute atomic E-state index is 0.142. The Hall–Kier alpha value is -3.64. The van der Waals surface area contributed by atoms with Crippen LogP contribution in [-0.2, 0) is 11.0 Å². The van der Waals surface area contributed by atoms with Gasteiger partial charge < -0.3 is 20.5 Å². The molecule has 2 aromatic rings. The van der Waals surface area contributed by atoms with Crippen molar-refractivity contribution in [3.05, 3.63) is 40.1 Å². The standard InChI is InChI=1S/C14H12F3N5O5/c1-27-7-2-3-8(9(4-7)22(25)26)19-11-5-10(14(15,16)17)20-13(21-11)18-6-12(23)24/h2-5H,6H2,1H3,(H,23,24)(H2,18,19,20,21). The Bertz CT molecular complexity index is 875. The number of alkyl halides is 3. The van der Waals surface area contributed by atoms with Crippen molar-refractivity contribution in [3.8, 4) is 5.75 Å². The van der Waals surface area contributed by atoms with Gasteiger partial charge in [0.2, 0.25) is 5.95 Å². The molecule has 144 valence electrons. The normalized spacial score (nSPS) is 11.0. The first-order valence-electron chi connectivity index (χ1n) is 7.11. The number of hydrogen-bond donors (Lipinski definition) is 3. The van der Waals surface area contributed by atoms with E-state index in [1.807, 2.05) is 0 Å². The third-order valence-corrected chi connectivity index (χ3v) is 3.08. The van der Waals surface area contributed by atoms with E-state index in [0.717, 1.165) is 6.07 Å². The molecule has 27 heavy (non-hydrogen) atoms. The fourth-order valence-corrected chi connectivity index (χ4v) is 1.92. The number of carbonyl (C=O) groups is 1. The first-order valence-corrected chi connectivity index (χ1v) is 7.11. The molecule has 0 saturated carbocycles. The Morgan fingerprint density at radius 2 is 2.04 bits per heavy atom. The van der Waals surface area contributed by atoms with Gasteiger partial charge in [-0.05, 0) is 12.1 Å². The fourth-order valence-electron chi connectivity index (χ4n) is 1.92. The van der Waals surface area contributed by atoms with Gasteiger partial charge in [-0.1, -0.05) is 0 Å². The lowest BCUT2D eigenvalue weighted by Gasteiger charge is -2.12. The van der Waals surface area contributed by atoms with Crippen molar-refractivity contribution in [2.24, 2.45) is 0 Å². The van der Waals surface area contributed by atoms with Gasteiger partial charge in [-0.2, -0.15) is 18.2 Å². The maximum absolute atomic E-state index is 13.0. The molecule has 0 unspecified atom stereocenters. The SMILES string of the molecule is COc1ccc(Nc2cc(C(F)(F)F)nc(NCC(=O)O)n2)c([N+](=O)[O-])c1. The number of anilines is 3. The van der Waals surface area contributed by atoms with Crippen molar-refractivity contribution in [3.63, 3.8) is 0 Å². The number of nitro groups is 1. The van der Waals surface area contributed by atoms with Crippen molar-refractivity contribution >= 4 is 29.1 Å². The Morgan fingerprint density at radius 3 is 2.59 bits per heavy atom. The predicted octanol–water partition coefficient (Wildman–Crippen LogP) is 2.65. The lowest BCUT2D eigenvalue weighted by Crippen LogP contribution is -2.17. The van der Waals surface area contributed by atoms with Gasteiger partial charge in [0.1, 0.15) is 23.8 Å². The van der Waals surface area contributed by atoms with E-state index in [2.05, 4.69) is 20.6 Å². The summed E-state index contributed by atoms with van der Waals surface area (Å²) in [5, 5.41) is 24.3. The summed E-state index contributed by atoms with van der Waals surface area (Å²) in [5.74, 6) is -2.18. The topological polar surface area (TPSA) is 140 Å². The number of nitrogens with one attached hydrogen (secondary N) is 2. The van der Waals surface area contributed by atoms with Crippen molar-refractivity contribution in [2.45, 2.75) is 6.18 Å². The van der Waals surface area contributed by atoms with Crippen LogP contribution in [0.5, 0.6) is 5.75 Å². The summed E-state index contributed by atoms with van der Waals surface area (Å²) < 4.78 is 43.9. The summed E-state index contributed by atoms with van der Waals surface area (Å²) in [6.45, 7) is -0.719. The van der Waals surface area contributed by atoms with Gasteiger partial charge >= 0.3 is 12.1 Å². The van der Waals surface area contributed by atoms with E-state index in [4.69, 9.17) is 9.84 Å². The molecule has 0 radical (unpaired) electrons. The highest BCUT2D eigenvalue weighted by molar-refractivity contribution is 5.72. The average molecular weight is 387 g/mol. The monoisotopic (exact) mass is 387 g/mol. The number of nitrogens with zero attached hydrogens (tertiary/aromatic N) is 3. The molecule has 0 aliphatic carbocycles. The summed E-state index contributed by atoms with van der Waals surface area (Å²) in [6, 6.07) is 4.22. The number of nitro benzene ring substituents is 1. The zero-order valence-corrected chi connectivity index (χ0v) is 13.6. The second-order valence-electron chi connectivity index (χ2n) is 4.97. The number of aromatic nitrogens is 2. The molecule has 1 aromatic heterocycles. The van der Waals surface area contributed by atoms with Crippen LogP contribution >= 0.6 is 0 Å². The fraction of sp³-hybridized carbons (Fsp3) is 0.214. The number of carboxylic acid groups (broad SMARTS) is 1. The molecule has 0 spiro atoms. The van der Waals surface area contributed by atoms with E-state index in [1.165, 1.54) is 19.2 Å². The van der Waals surface area contributed by atoms with Gasteiger partial charge in [0, 0.05) is 6.07 Å². The van der Waals surface area contributed by atoms with Crippen LogP contribution in [0.3, 0.4) is 0 Å². The summed E-state index contributed by atoms with van der Waals surface area (Å²) in [5.41, 5.74) is -1.96. The second-order valence-corrected chi connectivity index (χ2v) is 4.97. The van der Waals surface area contributed by atoms with E-state index in [1.54, 1.807) is 0 Å². The first kappa shape index (κ1) is 19.7. The third kappa shape index (κ3) is 5.17. The van der Waals surface area contributed by atoms with E-state index in [0.29, 0.717) is 6.07 Å². The van der Waals surface area contributed by atoms with E-state index >= 15 is 0 Å². The van der Waals surface area contributed by atoms with Crippen LogP contribution in [0.4, 0.5) is 36.3 Å². The number of aliphatic carboxylic acids is 1. The van der Waals surface area contributed by atoms with Crippen molar-refractivity contribution < 1.29 is 32.7 Å². The Labute approximate surface area is 149 Å². The van der Waals surface area contributed by atoms with Crippen LogP contribution in [0, 0.1) is 10.1 Å². The molecule has 1 aromatic carbocycles. The summed E-state index contributed by atoms with van der Waals surface area (Å²) in [6.07, 6.45) is -4.84. The number of ether oxygens (including phenoxy) is 1. The summed E-state index contributed by atoms with van der Waals surface area (Å²) in [4.78, 5) is 27.9. The molecule has 1 heterocycles. The minimum atomic E-state index is -4.84. The van der Waals surface area contributed by atoms with Crippen LogP contribution in [0.15, 0.2) is 24.3 Å². The maximum Gasteiger partial charge on any atom is 0.433 e. The Balaban J connectivity index is 2.44. The van der Waals surface area contributed by atoms with Gasteiger partial charge in [-0.25, -0.2) is 4.98 Å². The van der Waals surface area contributed by atoms with Crippen LogP contribution < -0.4 is 15.4 Å². The van der Waals surface area contributed by atoms with Crippen LogP contribution in [0.2, 0.25) is 0 Å². The molecule has 0 aliphatic rings. The van der Waals surface area contributed by atoms with Gasteiger partial charge in [-0.3, -0.25) is 14.9 Å². The van der Waals surface area contributed by atoms with Crippen molar-refractivity contribution in [1.82, 2.24) is 9.97 Å². The van der Waals surface area contributed by atoms with Gasteiger partial charge in [0.05, 0.1) is 18.1 Å². The van der Waals surface area contributed by atoms with Gasteiger partial charge in [0.25, 0.3) is 5.69 Å². The Kier molecular flexibility index (Phi) is 5.63. The van der Waals surface area contributed by atoms with Gasteiger partial charge in [-0.15, -0.1) is 0 Å². The maximum atomic E-state index is 13.0. The largest absolute Gasteiger partial charge is 0.496 e. The highest BCUT2D eigenvalue weighted by Crippen LogP contribution is 2.33. The molecular weight excluding hydrogens is 375 g/mol. The number of carboxylic acids is 1. The van der Waals surface area contributed by atoms with Gasteiger partial charge in [0.15, 0.2) is 5.69 Å². The molecule has 3 N–H and O–H groups in total. The highest BCUT2D eigenvalue weighted by Gasteiger charge is 2.34. The number of methoxy groups -OCH3 is 1. The Morgan fingerprint density at radius 1 is 1.33 bits per heavy atom. The molecular formula is C14H12F3N5O5. The van der Waals surface area contributed by atoms with E-state index in [-0.39, 0.29) is 11.4 Å². The van der Waals surface area contributed by atoms with Crippen molar-refractivity contribution in [2.75, 3.05) is 24.3 Å². The lowest BCUT2D eigenvalue weighted by atomic mass is 10.2. The van der Waals surface area contributed by atoms with E-state index in [9.17, 15) is 28.1 Å². The smallest absolute Gasteiger partial charge is 0.433 e. The second kappa shape index (κ2) is 7.72. The summed E-state index contributed by atoms with van der Waals surface area (Å²) >= 11 is 0. The van der Waals surface area contributed by atoms with Crippen LogP contribution in [-0.4, -0.2) is 39.6 Å². The zero-order chi connectivity index (χ0) is 20.2. The quantitative estimate of drug-likeness (QED) is 0.483. The first-order chi connectivity index (χ1) is 12.6. The molecule has 2 rings (SSSR count). The molecule has 13 heteroatoms. The average Bonchev–Trinajstić information content (AvgIpc) is 2.59. The van der Waals surface area contributed by atoms with Crippen molar-refractivity contribution in [1.29, 1.82) is 0 Å². The minimum Gasteiger partial charge on any atom is -0.496 e. The molecule has 10 nitrogen and oxygen atoms in total. The van der Waals surface area contributed by atoms with E-state index < -0.39 is 46.8 Å². The molecule has 0 saturated heterocycles.